The first kappa shape index (κ1) is 28.0. The third kappa shape index (κ3) is 4.58. The first-order valence-corrected chi connectivity index (χ1v) is 15.6. The van der Waals surface area contributed by atoms with Crippen molar-refractivity contribution < 1.29 is 14.7 Å². The number of hydrogen-bond donors (Lipinski definition) is 2. The minimum Gasteiger partial charge on any atom is -0.480 e. The average molecular weight is 610 g/mol. The Bertz CT molecular complexity index is 2100. The molecule has 0 amide bonds. The van der Waals surface area contributed by atoms with Crippen molar-refractivity contribution in [2.24, 2.45) is 0 Å². The molecule has 1 aromatic heterocycles. The highest BCUT2D eigenvalue weighted by Gasteiger charge is 2.55. The lowest BCUT2D eigenvalue weighted by Crippen LogP contribution is -2.45. The molecule has 7 aromatic rings. The molecule has 6 heteroatoms. The Hall–Kier alpha value is -4.78. The van der Waals surface area contributed by atoms with Gasteiger partial charge in [0.25, 0.3) is 0 Å². The molecule has 0 saturated carbocycles. The molecule has 7 rings (SSSR count). The number of benzene rings is 6. The number of carboxylic acids is 1. The molecule has 4 nitrogen and oxygen atoms in total. The molecule has 0 aliphatic heterocycles. The summed E-state index contributed by atoms with van der Waals surface area (Å²) in [5, 5.41) is 14.7. The quantitative estimate of drug-likeness (QED) is 0.169. The van der Waals surface area contributed by atoms with Gasteiger partial charge in [0.1, 0.15) is 16.3 Å². The summed E-state index contributed by atoms with van der Waals surface area (Å²) in [5.74, 6) is -2.36. The minimum absolute atomic E-state index is 0.420. The van der Waals surface area contributed by atoms with E-state index in [9.17, 15) is 14.7 Å². The molecule has 0 spiro atoms. The average Bonchev–Trinajstić information content (AvgIpc) is 3.48. The molecule has 1 heterocycles. The molecule has 44 heavy (non-hydrogen) atoms. The van der Waals surface area contributed by atoms with Gasteiger partial charge in [-0.15, -0.1) is 24.0 Å². The molecule has 0 aliphatic carbocycles. The van der Waals surface area contributed by atoms with Crippen LogP contribution < -0.4 is 0 Å². The lowest BCUT2D eigenvalue weighted by atomic mass is 9.64. The van der Waals surface area contributed by atoms with Crippen molar-refractivity contribution in [3.63, 3.8) is 0 Å². The zero-order valence-electron chi connectivity index (χ0n) is 23.6. The molecule has 1 N–H and O–H groups in total. The number of fused-ring (bicyclic) bond motifs is 3. The number of aromatic nitrogens is 1. The predicted octanol–water partition coefficient (Wildman–Crippen LogP) is 8.80. The van der Waals surface area contributed by atoms with Gasteiger partial charge in [0.2, 0.25) is 0 Å². The van der Waals surface area contributed by atoms with Crippen LogP contribution in [0.5, 0.6) is 0 Å². The van der Waals surface area contributed by atoms with Gasteiger partial charge in [-0.1, -0.05) is 127 Å². The second-order valence-electron chi connectivity index (χ2n) is 10.9. The highest BCUT2D eigenvalue weighted by molar-refractivity contribution is 7.96. The standard InChI is InChI=1S/C38H27NO3S2/c40-36(43)33(35-39-32-22-10-17-27(34(32)44-35)23-24-11-2-1-3-12-24)38(37(41)42,30-20-8-15-25-13-4-6-18-28(25)30)31-21-9-16-26-14-5-7-19-29(26)31/h1-22,33H,23H2,(H,40,43)(H,41,42). The van der Waals surface area contributed by atoms with Gasteiger partial charge in [-0.3, -0.25) is 9.59 Å². The number of hydrogen-bond acceptors (Lipinski definition) is 4. The number of thiol groups is 1. The summed E-state index contributed by atoms with van der Waals surface area (Å²) in [4.78, 5) is 33.1. The number of carboxylic acid groups (broad SMARTS) is 1. The van der Waals surface area contributed by atoms with Crippen molar-refractivity contribution in [2.45, 2.75) is 17.8 Å². The first-order chi connectivity index (χ1) is 21.5. The topological polar surface area (TPSA) is 67.3 Å². The fraction of sp³-hybridized carbons (Fsp3) is 0.0789. The number of rotatable bonds is 8. The van der Waals surface area contributed by atoms with Gasteiger partial charge < -0.3 is 5.11 Å². The van der Waals surface area contributed by atoms with Crippen molar-refractivity contribution in [3.8, 4) is 0 Å². The molecule has 1 unspecified atom stereocenters. The molecular formula is C38H27NO3S2. The molecular weight excluding hydrogens is 583 g/mol. The van der Waals surface area contributed by atoms with E-state index in [1.807, 2.05) is 115 Å². The molecule has 0 saturated heterocycles. The number of aliphatic carboxylic acids is 1. The van der Waals surface area contributed by atoms with E-state index in [4.69, 9.17) is 4.98 Å². The van der Waals surface area contributed by atoms with Crippen molar-refractivity contribution in [1.82, 2.24) is 4.98 Å². The fourth-order valence-electron chi connectivity index (χ4n) is 6.53. The van der Waals surface area contributed by atoms with Crippen molar-refractivity contribution in [2.75, 3.05) is 0 Å². The minimum atomic E-state index is -1.84. The molecule has 0 bridgehead atoms. The fourth-order valence-corrected chi connectivity index (χ4v) is 8.17. The van der Waals surface area contributed by atoms with Gasteiger partial charge in [0.05, 0.1) is 10.2 Å². The lowest BCUT2D eigenvalue weighted by molar-refractivity contribution is -0.144. The molecule has 214 valence electrons. The van der Waals surface area contributed by atoms with Crippen LogP contribution in [0, 0.1) is 0 Å². The van der Waals surface area contributed by atoms with E-state index in [-0.39, 0.29) is 0 Å². The highest BCUT2D eigenvalue weighted by atomic mass is 32.1. The second-order valence-corrected chi connectivity index (χ2v) is 12.4. The monoisotopic (exact) mass is 609 g/mol. The van der Waals surface area contributed by atoms with Crippen LogP contribution in [0.25, 0.3) is 31.8 Å². The summed E-state index contributed by atoms with van der Waals surface area (Å²) < 4.78 is 0.932. The Balaban J connectivity index is 1.56. The maximum absolute atomic E-state index is 14.1. The van der Waals surface area contributed by atoms with Gasteiger partial charge in [-0.2, -0.15) is 0 Å². The van der Waals surface area contributed by atoms with Crippen LogP contribution in [0.2, 0.25) is 0 Å². The Labute approximate surface area is 264 Å². The van der Waals surface area contributed by atoms with Crippen molar-refractivity contribution >= 4 is 66.8 Å². The number of carbonyl (C=O) groups is 2. The van der Waals surface area contributed by atoms with Gasteiger partial charge in [-0.05, 0) is 56.3 Å². The summed E-state index contributed by atoms with van der Waals surface area (Å²) in [6, 6.07) is 42.8. The van der Waals surface area contributed by atoms with E-state index in [1.165, 1.54) is 11.3 Å². The maximum atomic E-state index is 14.1. The third-order valence-corrected chi connectivity index (χ3v) is 9.91. The van der Waals surface area contributed by atoms with E-state index in [1.54, 1.807) is 0 Å². The third-order valence-electron chi connectivity index (χ3n) is 8.44. The van der Waals surface area contributed by atoms with Gasteiger partial charge >= 0.3 is 5.97 Å². The number of carbonyl (C=O) groups excluding carboxylic acids is 1. The van der Waals surface area contributed by atoms with E-state index >= 15 is 0 Å². The van der Waals surface area contributed by atoms with Crippen molar-refractivity contribution in [3.05, 3.63) is 161 Å². The molecule has 0 radical (unpaired) electrons. The van der Waals surface area contributed by atoms with Crippen LogP contribution in [0.15, 0.2) is 133 Å². The lowest BCUT2D eigenvalue weighted by Gasteiger charge is -2.37. The number of nitrogens with zero attached hydrogens (tertiary/aromatic N) is 1. The van der Waals surface area contributed by atoms with E-state index in [0.29, 0.717) is 22.6 Å². The summed E-state index contributed by atoms with van der Waals surface area (Å²) in [7, 11) is 0. The Morgan fingerprint density at radius 3 is 1.84 bits per heavy atom. The predicted molar refractivity (Wildman–Crippen MR) is 182 cm³/mol. The normalized spacial score (nSPS) is 12.5. The van der Waals surface area contributed by atoms with E-state index < -0.39 is 22.4 Å². The van der Waals surface area contributed by atoms with Gasteiger partial charge in [0.15, 0.2) is 5.12 Å². The van der Waals surface area contributed by atoms with Crippen LogP contribution in [0.1, 0.15) is 33.2 Å². The summed E-state index contributed by atoms with van der Waals surface area (Å²) in [6.45, 7) is 0. The van der Waals surface area contributed by atoms with Gasteiger partial charge in [-0.25, -0.2) is 4.98 Å². The van der Waals surface area contributed by atoms with E-state index in [0.717, 1.165) is 42.9 Å². The first-order valence-electron chi connectivity index (χ1n) is 14.3. The maximum Gasteiger partial charge on any atom is 0.319 e. The molecule has 1 atom stereocenters. The summed E-state index contributed by atoms with van der Waals surface area (Å²) >= 11 is 5.81. The molecule has 0 aliphatic rings. The van der Waals surface area contributed by atoms with Crippen LogP contribution in [-0.2, 0) is 21.4 Å². The van der Waals surface area contributed by atoms with E-state index in [2.05, 4.69) is 30.8 Å². The van der Waals surface area contributed by atoms with Crippen molar-refractivity contribution in [1.29, 1.82) is 0 Å². The van der Waals surface area contributed by atoms with Crippen LogP contribution >= 0.6 is 24.0 Å². The SMILES string of the molecule is O=C(S)C(c1nc2cccc(Cc3ccccc3)c2s1)C(C(=O)O)(c1cccc2ccccc12)c1cccc2ccccc12. The highest BCUT2D eigenvalue weighted by Crippen LogP contribution is 2.51. The zero-order chi connectivity index (χ0) is 30.3. The molecule has 0 fully saturated rings. The Morgan fingerprint density at radius 2 is 1.25 bits per heavy atom. The largest absolute Gasteiger partial charge is 0.480 e. The van der Waals surface area contributed by atoms with Gasteiger partial charge in [0, 0.05) is 0 Å². The van der Waals surface area contributed by atoms with Crippen LogP contribution in [0.4, 0.5) is 0 Å². The smallest absolute Gasteiger partial charge is 0.319 e. The molecule has 6 aromatic carbocycles. The van der Waals surface area contributed by atoms with Crippen LogP contribution in [-0.4, -0.2) is 21.2 Å². The summed E-state index contributed by atoms with van der Waals surface area (Å²) in [6.07, 6.45) is 0.690. The Morgan fingerprint density at radius 1 is 0.705 bits per heavy atom. The van der Waals surface area contributed by atoms with Crippen LogP contribution in [0.3, 0.4) is 0 Å². The second kappa shape index (κ2) is 11.4. The zero-order valence-corrected chi connectivity index (χ0v) is 25.3. The number of thiazole rings is 1. The summed E-state index contributed by atoms with van der Waals surface area (Å²) in [5.41, 5.74) is 2.16. The Kier molecular flexibility index (Phi) is 7.24.